The van der Waals surface area contributed by atoms with Gasteiger partial charge < -0.3 is 45.1 Å². The number of ether oxygens (including phenoxy) is 1. The maximum atomic E-state index is 12.6. The van der Waals surface area contributed by atoms with Gasteiger partial charge in [-0.05, 0) is 168 Å². The largest absolute Gasteiger partial charge is 1.00 e. The quantitative estimate of drug-likeness (QED) is 0.00814. The second-order valence-electron chi connectivity index (χ2n) is 28.1. The van der Waals surface area contributed by atoms with Crippen LogP contribution < -0.4 is 52.6 Å². The van der Waals surface area contributed by atoms with Crippen molar-refractivity contribution in [2.75, 3.05) is 38.9 Å². The fourth-order valence-electron chi connectivity index (χ4n) is 11.3. The van der Waals surface area contributed by atoms with Crippen molar-refractivity contribution in [3.63, 3.8) is 0 Å². The minimum atomic E-state index is -3.30. The molecule has 11 rings (SSSR count). The van der Waals surface area contributed by atoms with E-state index in [-0.39, 0.29) is 128 Å². The van der Waals surface area contributed by atoms with Crippen LogP contribution >= 0.6 is 124 Å². The molecule has 0 aromatic carbocycles. The normalized spacial score (nSPS) is 10.7. The molecule has 11 aromatic heterocycles. The van der Waals surface area contributed by atoms with Crippen molar-refractivity contribution in [2.24, 2.45) is 42.3 Å². The first kappa shape index (κ1) is 128. The molecule has 0 radical (unpaired) electrons. The van der Waals surface area contributed by atoms with E-state index in [9.17, 15) is 69.6 Å². The maximum Gasteiger partial charge on any atom is 1.00 e. The molecule has 52 heteroatoms. The first-order valence-corrected chi connectivity index (χ1v) is 52.8. The number of aliphatic hydroxyl groups excluding tert-OH is 2. The summed E-state index contributed by atoms with van der Waals surface area (Å²) in [5.74, 6) is -1.81. The molecule has 0 fully saturated rings. The summed E-state index contributed by atoms with van der Waals surface area (Å²) in [4.78, 5) is 166. The minimum Gasteiger partial charge on any atom is -1.00 e. The molecule has 1 atom stereocenters. The Kier molecular flexibility index (Phi) is 63.8. The number of aromatic nitrogens is 17. The SMILES string of the molecule is BrBr.CC(=O)C(Br)CCC(=O)O.CC(=O)CCCC(=O)O.CCO.CCOC(=O)CCc1sc(C)nc1C.CS(=O)(=O)Cl.Cc1nc(C)c(CCCO)s1.Cc1nc(C)c(CCCOS(C)(=O)=O)s1.Cc1nc(C)c(CCCn2c(=O)c3c(ncn3C)n(C)c2=O)s1.Cc1nc(C)c(CCCn2c(=O)c3c(ncn3C)n(C)c2=O)s1.Cl.Cn1cnc2c1c(=O)[nH]c(=O)n2C.[AlH3].[H-].[Li+]. The Hall–Kier alpha value is -6.72. The number of hydrogen-bond acceptors (Lipinski definition) is 32. The van der Waals surface area contributed by atoms with Gasteiger partial charge in [0, 0.05) is 151 Å². The zero-order valence-corrected chi connectivity index (χ0v) is 89.4. The molecule has 0 aliphatic rings. The summed E-state index contributed by atoms with van der Waals surface area (Å²) in [5.41, 5.74) is 5.79. The third-order valence-electron chi connectivity index (χ3n) is 17.2. The topological polar surface area (TPSA) is 514 Å². The number of carbonyl (C=O) groups is 5. The third-order valence-corrected chi connectivity index (χ3v) is 24.5. The molecule has 730 valence electrons. The van der Waals surface area contributed by atoms with Gasteiger partial charge in [0.2, 0.25) is 9.05 Å². The summed E-state index contributed by atoms with van der Waals surface area (Å²) in [6, 6.07) is 0. The molecular formula is C79H122AlBr3Cl2LiN17O21S7. The van der Waals surface area contributed by atoms with Crippen molar-refractivity contribution in [2.45, 2.75) is 211 Å². The van der Waals surface area contributed by atoms with Gasteiger partial charge in [0.1, 0.15) is 11.6 Å². The number of aryl methyl sites for hydroxylation is 21. The van der Waals surface area contributed by atoms with Crippen LogP contribution in [0.4, 0.5) is 0 Å². The maximum absolute atomic E-state index is 12.6. The summed E-state index contributed by atoms with van der Waals surface area (Å²) in [7, 11) is 8.08. The first-order valence-electron chi connectivity index (χ1n) is 39.5. The Labute approximate surface area is 839 Å². The number of nitrogens with zero attached hydrogens (tertiary/aromatic N) is 16. The van der Waals surface area contributed by atoms with Crippen LogP contribution in [0.15, 0.2) is 47.7 Å². The Morgan fingerprint density at radius 2 is 0.840 bits per heavy atom. The molecule has 5 N–H and O–H groups in total. The van der Waals surface area contributed by atoms with Crippen LogP contribution in [0, 0.1) is 69.2 Å². The summed E-state index contributed by atoms with van der Waals surface area (Å²) in [6.45, 7) is 28.3. The Bertz CT molecular complexity index is 5900. The molecule has 38 nitrogen and oxygen atoms in total. The number of thiazole rings is 5. The number of halogens is 5. The van der Waals surface area contributed by atoms with Gasteiger partial charge in [-0.2, -0.15) is 8.42 Å². The van der Waals surface area contributed by atoms with E-state index in [4.69, 9.17) is 25.2 Å². The predicted molar refractivity (Wildman–Crippen MR) is 533 cm³/mol. The van der Waals surface area contributed by atoms with Crippen LogP contribution in [0.3, 0.4) is 0 Å². The number of carboxylic acids is 2. The molecule has 11 heterocycles. The van der Waals surface area contributed by atoms with Gasteiger partial charge >= 0.3 is 53.8 Å². The van der Waals surface area contributed by atoms with Crippen molar-refractivity contribution in [3.8, 4) is 0 Å². The van der Waals surface area contributed by atoms with Crippen LogP contribution in [-0.4, -0.2) is 209 Å². The van der Waals surface area contributed by atoms with Crippen LogP contribution in [-0.2, 0) is 140 Å². The van der Waals surface area contributed by atoms with E-state index < -0.39 is 42.4 Å². The molecule has 0 amide bonds. The average Bonchev–Trinajstić information content (AvgIpc) is 1.66. The van der Waals surface area contributed by atoms with E-state index in [1.807, 2.05) is 76.2 Å². The number of aliphatic hydroxyl groups is 2. The van der Waals surface area contributed by atoms with Crippen molar-refractivity contribution in [1.82, 2.24) is 81.4 Å². The number of carbonyl (C=O) groups excluding carboxylic acids is 3. The number of fused-ring (bicyclic) bond motifs is 3. The second-order valence-corrected chi connectivity index (χ2v) is 40.4. The number of esters is 1. The smallest absolute Gasteiger partial charge is 1.00 e. The van der Waals surface area contributed by atoms with E-state index >= 15 is 0 Å². The number of imidazole rings is 3. The number of aliphatic carboxylic acids is 2. The van der Waals surface area contributed by atoms with E-state index in [2.05, 4.69) is 104 Å². The Balaban J connectivity index is -0.000000709. The van der Waals surface area contributed by atoms with Gasteiger partial charge in [0.15, 0.2) is 50.9 Å². The fraction of sp³-hybridized carbons (Fsp3) is 0.557. The number of carboxylic acid groups (broad SMARTS) is 2. The van der Waals surface area contributed by atoms with Gasteiger partial charge in [-0.1, -0.05) is 15.9 Å². The summed E-state index contributed by atoms with van der Waals surface area (Å²) >= 11 is 16.9. The number of nitrogens with one attached hydrogen (secondary N) is 1. The Morgan fingerprint density at radius 3 is 1.14 bits per heavy atom. The molecule has 0 saturated heterocycles. The van der Waals surface area contributed by atoms with Gasteiger partial charge in [0.25, 0.3) is 26.8 Å². The molecule has 1 unspecified atom stereocenters. The minimum absolute atomic E-state index is 0. The number of ketones is 2. The van der Waals surface area contributed by atoms with E-state index in [0.29, 0.717) is 85.3 Å². The van der Waals surface area contributed by atoms with Crippen LogP contribution in [0.1, 0.15) is 171 Å². The molecule has 0 aliphatic carbocycles. The van der Waals surface area contributed by atoms with Crippen LogP contribution in [0.25, 0.3) is 33.5 Å². The van der Waals surface area contributed by atoms with Crippen molar-refractivity contribution in [3.05, 3.63) is 159 Å². The molecule has 0 bridgehead atoms. The standard InChI is InChI=1S/2C15H19N5O2S.C10H15NO2S.C9H15NO3S2.C8H13NOS.C7H8N4O2.C6H9BrO3.C6H10O3.C2H6O.CH3ClO2S.Al.Br2.ClH.Li.4H/c2*1-9-11(23-10(2)17-9)6-5-7-20-14(21)12-13(16-8-18(12)3)19(4)15(20)22;1-4-13-10(12)6-5-9-7(2)11-8(3)14-9;1-7-9(14-8(2)10-7)5-4-6-13-15(3,11)12;1-6-8(4-3-5-10)11-7(2)9-6;1-10-3-8-5-4(10)6(12)9-7(13)11(5)2;1-4(8)5(7)2-3-6(9)10;1-5(7)3-2-4-6(8)9;1-2-3;1-5(2,3)4;;1-2;;;;;;/h2*8H,5-7H2,1-4H3;4-6H2,1-3H3;4-6H2,1-3H3;10H,3-5H2,1-2H3;3H,1-2H3,(H,9,12,13);5H,2-3H2,1H3,(H,9,10);2-4H2,1H3,(H,8,9);3H,2H2,1H3;1H3;;;1H;;;;;/q;;;;;;;;;;;;;+1;;;;-1. The zero-order chi connectivity index (χ0) is 98.0. The zero-order valence-electron chi connectivity index (χ0n) is 78.3. The van der Waals surface area contributed by atoms with Gasteiger partial charge in [-0.15, -0.1) is 69.1 Å². The van der Waals surface area contributed by atoms with E-state index in [0.717, 1.165) is 117 Å². The van der Waals surface area contributed by atoms with Gasteiger partial charge in [-0.3, -0.25) is 65.6 Å². The van der Waals surface area contributed by atoms with Crippen molar-refractivity contribution < 1.29 is 90.4 Å². The monoisotopic (exact) mass is 2210 g/mol. The molecule has 11 aromatic rings. The van der Waals surface area contributed by atoms with Crippen molar-refractivity contribution in [1.29, 1.82) is 0 Å². The third kappa shape index (κ3) is 47.6. The van der Waals surface area contributed by atoms with E-state index in [1.54, 1.807) is 132 Å². The predicted octanol–water partition coefficient (Wildman–Crippen LogP) is 7.11. The summed E-state index contributed by atoms with van der Waals surface area (Å²) < 4.78 is 61.3. The number of H-pyrrole nitrogens is 1. The molecule has 131 heavy (non-hydrogen) atoms. The van der Waals surface area contributed by atoms with Crippen LogP contribution in [0.5, 0.6) is 0 Å². The molecular weight excluding hydrogens is 2090 g/mol. The second kappa shape index (κ2) is 65.1. The number of aromatic amines is 1. The average molecular weight is 2210 g/mol. The Morgan fingerprint density at radius 1 is 0.519 bits per heavy atom. The molecule has 0 aliphatic heterocycles. The fourth-order valence-corrected chi connectivity index (χ4v) is 16.8. The van der Waals surface area contributed by atoms with E-state index in [1.165, 1.54) is 67.4 Å². The number of alkyl halides is 1. The summed E-state index contributed by atoms with van der Waals surface area (Å²) in [6.07, 6.45) is 15.6. The number of hydrogen-bond donors (Lipinski definition) is 5. The summed E-state index contributed by atoms with van der Waals surface area (Å²) in [5, 5.41) is 37.8. The van der Waals surface area contributed by atoms with Crippen molar-refractivity contribution >= 4 is 223 Å². The number of rotatable bonds is 28. The molecule has 0 spiro atoms. The number of Topliss-reactive ketones (excluding diaryl/α,β-unsaturated/α-hetero) is 2. The van der Waals surface area contributed by atoms with Gasteiger partial charge in [0.05, 0.1) is 109 Å². The van der Waals surface area contributed by atoms with Crippen LogP contribution in [0.2, 0.25) is 0 Å². The van der Waals surface area contributed by atoms with Gasteiger partial charge in [-0.25, -0.2) is 62.7 Å². The molecule has 0 saturated carbocycles. The first-order chi connectivity index (χ1) is 59.7.